The summed E-state index contributed by atoms with van der Waals surface area (Å²) in [6.07, 6.45) is 2.28. The Labute approximate surface area is 153 Å². The molecule has 0 aliphatic rings. The lowest BCUT2D eigenvalue weighted by Crippen LogP contribution is -2.25. The van der Waals surface area contributed by atoms with Crippen molar-refractivity contribution in [1.82, 2.24) is 20.3 Å². The van der Waals surface area contributed by atoms with Crippen molar-refractivity contribution in [2.45, 2.75) is 26.7 Å². The summed E-state index contributed by atoms with van der Waals surface area (Å²) < 4.78 is 10.5. The SMILES string of the molecule is CCCCN(CC)c1ccc(-c2nc(-c3ccc(OC)cc3)no2)nn1. The van der Waals surface area contributed by atoms with E-state index in [1.54, 1.807) is 7.11 Å². The molecule has 0 atom stereocenters. The van der Waals surface area contributed by atoms with Crippen LogP contribution in [0.4, 0.5) is 5.82 Å². The number of hydrogen-bond donors (Lipinski definition) is 0. The van der Waals surface area contributed by atoms with Gasteiger partial charge in [0.05, 0.1) is 7.11 Å². The third kappa shape index (κ3) is 3.99. The van der Waals surface area contributed by atoms with E-state index in [9.17, 15) is 0 Å². The highest BCUT2D eigenvalue weighted by atomic mass is 16.5. The van der Waals surface area contributed by atoms with E-state index in [1.807, 2.05) is 36.4 Å². The highest BCUT2D eigenvalue weighted by Gasteiger charge is 2.13. The van der Waals surface area contributed by atoms with Gasteiger partial charge in [0.15, 0.2) is 11.5 Å². The van der Waals surface area contributed by atoms with Crippen LogP contribution in [0, 0.1) is 0 Å². The molecule has 3 aromatic rings. The van der Waals surface area contributed by atoms with Crippen molar-refractivity contribution in [2.75, 3.05) is 25.1 Å². The number of rotatable bonds is 8. The van der Waals surface area contributed by atoms with Crippen LogP contribution in [-0.2, 0) is 0 Å². The zero-order chi connectivity index (χ0) is 18.4. The van der Waals surface area contributed by atoms with Gasteiger partial charge < -0.3 is 14.2 Å². The second-order valence-corrected chi connectivity index (χ2v) is 5.86. The standard InChI is InChI=1S/C19H23N5O2/c1-4-6-13-24(5-2)17-12-11-16(21-22-17)19-20-18(23-26-19)14-7-9-15(25-3)10-8-14/h7-12H,4-6,13H2,1-3H3. The van der Waals surface area contributed by atoms with Crippen molar-refractivity contribution in [3.63, 3.8) is 0 Å². The average molecular weight is 353 g/mol. The van der Waals surface area contributed by atoms with Crippen LogP contribution >= 0.6 is 0 Å². The first-order valence-electron chi connectivity index (χ1n) is 8.82. The molecule has 26 heavy (non-hydrogen) atoms. The lowest BCUT2D eigenvalue weighted by Gasteiger charge is -2.20. The first-order valence-corrected chi connectivity index (χ1v) is 8.82. The van der Waals surface area contributed by atoms with Crippen molar-refractivity contribution in [1.29, 1.82) is 0 Å². The number of hydrogen-bond acceptors (Lipinski definition) is 7. The molecule has 0 saturated heterocycles. The van der Waals surface area contributed by atoms with Gasteiger partial charge in [0.2, 0.25) is 5.82 Å². The number of anilines is 1. The maximum absolute atomic E-state index is 5.34. The van der Waals surface area contributed by atoms with Gasteiger partial charge in [0.25, 0.3) is 5.89 Å². The third-order valence-corrected chi connectivity index (χ3v) is 4.13. The smallest absolute Gasteiger partial charge is 0.278 e. The number of aromatic nitrogens is 4. The fourth-order valence-corrected chi connectivity index (χ4v) is 2.58. The van der Waals surface area contributed by atoms with Gasteiger partial charge in [-0.3, -0.25) is 0 Å². The molecular formula is C19H23N5O2. The van der Waals surface area contributed by atoms with E-state index in [1.165, 1.54) is 0 Å². The summed E-state index contributed by atoms with van der Waals surface area (Å²) >= 11 is 0. The Bertz CT molecular complexity index is 815. The Morgan fingerprint density at radius 1 is 1.04 bits per heavy atom. The predicted molar refractivity (Wildman–Crippen MR) is 100 cm³/mol. The largest absolute Gasteiger partial charge is 0.497 e. The Kier molecular flexibility index (Phi) is 5.78. The van der Waals surface area contributed by atoms with Crippen molar-refractivity contribution in [3.05, 3.63) is 36.4 Å². The van der Waals surface area contributed by atoms with Crippen LogP contribution in [0.1, 0.15) is 26.7 Å². The predicted octanol–water partition coefficient (Wildman–Crippen LogP) is 3.83. The first kappa shape index (κ1) is 17.8. The van der Waals surface area contributed by atoms with E-state index in [-0.39, 0.29) is 0 Å². The monoisotopic (exact) mass is 353 g/mol. The van der Waals surface area contributed by atoms with Gasteiger partial charge in [-0.05, 0) is 49.7 Å². The number of methoxy groups -OCH3 is 1. The fourth-order valence-electron chi connectivity index (χ4n) is 2.58. The Morgan fingerprint density at radius 3 is 2.46 bits per heavy atom. The van der Waals surface area contributed by atoms with E-state index < -0.39 is 0 Å². The first-order chi connectivity index (χ1) is 12.7. The van der Waals surface area contributed by atoms with Crippen LogP contribution in [0.25, 0.3) is 23.0 Å². The van der Waals surface area contributed by atoms with Crippen LogP contribution in [0.5, 0.6) is 5.75 Å². The highest BCUT2D eigenvalue weighted by molar-refractivity contribution is 5.59. The number of ether oxygens (including phenoxy) is 1. The molecule has 0 saturated carbocycles. The molecule has 0 unspecified atom stereocenters. The van der Waals surface area contributed by atoms with E-state index in [0.717, 1.165) is 43.1 Å². The summed E-state index contributed by atoms with van der Waals surface area (Å²) in [5.74, 6) is 2.50. The minimum Gasteiger partial charge on any atom is -0.497 e. The Balaban J connectivity index is 1.76. The van der Waals surface area contributed by atoms with Crippen molar-refractivity contribution >= 4 is 5.82 Å². The fraction of sp³-hybridized carbons (Fsp3) is 0.368. The van der Waals surface area contributed by atoms with Gasteiger partial charge in [-0.15, -0.1) is 10.2 Å². The van der Waals surface area contributed by atoms with Crippen LogP contribution in [0.3, 0.4) is 0 Å². The van der Waals surface area contributed by atoms with E-state index in [2.05, 4.69) is 39.1 Å². The third-order valence-electron chi connectivity index (χ3n) is 4.13. The molecule has 0 aliphatic carbocycles. The number of unbranched alkanes of at least 4 members (excludes halogenated alkanes) is 1. The molecule has 7 nitrogen and oxygen atoms in total. The second kappa shape index (κ2) is 8.42. The quantitative estimate of drug-likeness (QED) is 0.609. The van der Waals surface area contributed by atoms with Crippen molar-refractivity contribution in [3.8, 4) is 28.7 Å². The normalized spacial score (nSPS) is 10.7. The summed E-state index contributed by atoms with van der Waals surface area (Å²) in [4.78, 5) is 6.62. The molecule has 0 radical (unpaired) electrons. The average Bonchev–Trinajstić information content (AvgIpc) is 3.19. The lowest BCUT2D eigenvalue weighted by molar-refractivity contribution is 0.414. The molecule has 0 N–H and O–H groups in total. The summed E-state index contributed by atoms with van der Waals surface area (Å²) in [6.45, 7) is 6.17. The molecule has 2 aromatic heterocycles. The molecule has 3 rings (SSSR count). The van der Waals surface area contributed by atoms with Gasteiger partial charge in [-0.2, -0.15) is 4.98 Å². The summed E-state index contributed by atoms with van der Waals surface area (Å²) in [7, 11) is 1.63. The summed E-state index contributed by atoms with van der Waals surface area (Å²) in [5.41, 5.74) is 1.41. The number of benzene rings is 1. The molecule has 0 fully saturated rings. The van der Waals surface area contributed by atoms with Gasteiger partial charge >= 0.3 is 0 Å². The minimum absolute atomic E-state index is 0.353. The van der Waals surface area contributed by atoms with Crippen LogP contribution in [-0.4, -0.2) is 40.5 Å². The molecule has 0 aliphatic heterocycles. The van der Waals surface area contributed by atoms with E-state index >= 15 is 0 Å². The highest BCUT2D eigenvalue weighted by Crippen LogP contribution is 2.23. The lowest BCUT2D eigenvalue weighted by atomic mass is 10.2. The maximum Gasteiger partial charge on any atom is 0.278 e. The summed E-state index contributed by atoms with van der Waals surface area (Å²) in [6, 6.07) is 11.3. The zero-order valence-electron chi connectivity index (χ0n) is 15.3. The van der Waals surface area contributed by atoms with Crippen molar-refractivity contribution in [2.24, 2.45) is 0 Å². The number of nitrogens with zero attached hydrogens (tertiary/aromatic N) is 5. The summed E-state index contributed by atoms with van der Waals surface area (Å²) in [5, 5.41) is 12.6. The maximum atomic E-state index is 5.34. The van der Waals surface area contributed by atoms with Gasteiger partial charge in [-0.25, -0.2) is 0 Å². The molecule has 0 bridgehead atoms. The molecule has 0 spiro atoms. The minimum atomic E-state index is 0.353. The van der Waals surface area contributed by atoms with Gasteiger partial charge in [0, 0.05) is 18.7 Å². The second-order valence-electron chi connectivity index (χ2n) is 5.86. The molecule has 2 heterocycles. The van der Waals surface area contributed by atoms with Crippen LogP contribution in [0.2, 0.25) is 0 Å². The Hall–Kier alpha value is -2.96. The molecule has 0 amide bonds. The van der Waals surface area contributed by atoms with E-state index in [0.29, 0.717) is 17.4 Å². The van der Waals surface area contributed by atoms with Crippen LogP contribution in [0.15, 0.2) is 40.9 Å². The topological polar surface area (TPSA) is 77.2 Å². The molecular weight excluding hydrogens is 330 g/mol. The molecule has 136 valence electrons. The zero-order valence-corrected chi connectivity index (χ0v) is 15.3. The van der Waals surface area contributed by atoms with Gasteiger partial charge in [-0.1, -0.05) is 18.5 Å². The van der Waals surface area contributed by atoms with Crippen molar-refractivity contribution < 1.29 is 9.26 Å². The van der Waals surface area contributed by atoms with Gasteiger partial charge in [0.1, 0.15) is 5.75 Å². The van der Waals surface area contributed by atoms with Crippen LogP contribution < -0.4 is 9.64 Å². The Morgan fingerprint density at radius 2 is 1.85 bits per heavy atom. The molecule has 7 heteroatoms. The molecule has 1 aromatic carbocycles. The van der Waals surface area contributed by atoms with E-state index in [4.69, 9.17) is 9.26 Å².